The first-order chi connectivity index (χ1) is 33.9. The highest BCUT2D eigenvalue weighted by molar-refractivity contribution is 5.98. The molecule has 13 N–H and O–H groups in total. The average Bonchev–Trinajstić information content (AvgIpc) is 4.17. The number of nitrogens with zero attached hydrogens (tertiary/aromatic N) is 3. The number of aromatic amines is 2. The van der Waals surface area contributed by atoms with Crippen molar-refractivity contribution in [2.75, 3.05) is 13.1 Å². The number of benzene rings is 2. The summed E-state index contributed by atoms with van der Waals surface area (Å²) in [6.45, 7) is 2.92. The van der Waals surface area contributed by atoms with Crippen LogP contribution in [0, 0.1) is 5.92 Å². The fraction of sp³-hybridized carbons (Fsp3) is 0.426. The van der Waals surface area contributed by atoms with Gasteiger partial charge >= 0.3 is 11.9 Å². The summed E-state index contributed by atoms with van der Waals surface area (Å²) in [4.78, 5) is 135. The number of hydrogen-bond acceptors (Lipinski definition) is 13. The van der Waals surface area contributed by atoms with Gasteiger partial charge in [0.2, 0.25) is 41.4 Å². The molecule has 0 saturated carbocycles. The van der Waals surface area contributed by atoms with Gasteiger partial charge in [0.25, 0.3) is 0 Å². The summed E-state index contributed by atoms with van der Waals surface area (Å²) in [5, 5.41) is 44.4. The number of carbonyl (C=O) groups is 9. The number of H-pyrrole nitrogens is 2. The quantitative estimate of drug-likeness (QED) is 0.0343. The first-order valence-electron chi connectivity index (χ1n) is 23.0. The molecular weight excluding hydrogens is 925 g/mol. The number of nitrogens with one attached hydrogen (secondary N) is 8. The number of rotatable bonds is 26. The number of hydrogen-bond donors (Lipinski definition) is 12. The minimum absolute atomic E-state index is 0.00125. The van der Waals surface area contributed by atoms with Crippen LogP contribution >= 0.6 is 0 Å². The van der Waals surface area contributed by atoms with E-state index in [1.165, 1.54) is 54.2 Å². The molecule has 4 aromatic rings. The van der Waals surface area contributed by atoms with Gasteiger partial charge in [-0.3, -0.25) is 38.4 Å². The van der Waals surface area contributed by atoms with E-state index < -0.39 is 114 Å². The second-order valence-electron chi connectivity index (χ2n) is 17.2. The van der Waals surface area contributed by atoms with Gasteiger partial charge in [-0.25, -0.2) is 14.8 Å². The zero-order valence-electron chi connectivity index (χ0n) is 39.1. The van der Waals surface area contributed by atoms with Crippen molar-refractivity contribution in [3.05, 3.63) is 102 Å². The number of aromatic hydroxyl groups is 1. The number of imidazole rings is 2. The lowest BCUT2D eigenvalue weighted by molar-refractivity contribution is -0.145. The summed E-state index contributed by atoms with van der Waals surface area (Å²) in [7, 11) is 0. The van der Waals surface area contributed by atoms with Crippen LogP contribution in [0.5, 0.6) is 5.75 Å². The molecule has 24 heteroatoms. The van der Waals surface area contributed by atoms with Crippen LogP contribution in [0.15, 0.2) is 79.6 Å². The number of likely N-dealkylation sites (tertiary alicyclic amines) is 1. The lowest BCUT2D eigenvalue weighted by Gasteiger charge is -2.31. The van der Waals surface area contributed by atoms with Gasteiger partial charge < -0.3 is 67.8 Å². The minimum Gasteiger partial charge on any atom is -0.508 e. The van der Waals surface area contributed by atoms with Gasteiger partial charge in [-0.05, 0) is 42.0 Å². The fourth-order valence-electron chi connectivity index (χ4n) is 7.85. The van der Waals surface area contributed by atoms with Crippen LogP contribution in [-0.4, -0.2) is 149 Å². The molecule has 1 aliphatic heterocycles. The van der Waals surface area contributed by atoms with Crippen molar-refractivity contribution in [2.45, 2.75) is 108 Å². The Bertz CT molecular complexity index is 2450. The monoisotopic (exact) mass is 984 g/mol. The average molecular weight is 985 g/mol. The van der Waals surface area contributed by atoms with Crippen LogP contribution in [-0.2, 0) is 68.8 Å². The number of carboxylic acid groups (broad SMARTS) is 2. The molecule has 71 heavy (non-hydrogen) atoms. The Morgan fingerprint density at radius 2 is 1.30 bits per heavy atom. The third kappa shape index (κ3) is 16.2. The number of phenolic OH excluding ortho intramolecular Hbond substituents is 1. The van der Waals surface area contributed by atoms with Crippen LogP contribution in [0.4, 0.5) is 0 Å². The summed E-state index contributed by atoms with van der Waals surface area (Å²) >= 11 is 0. The molecule has 0 aliphatic carbocycles. The number of carboxylic acids is 2. The largest absolute Gasteiger partial charge is 0.508 e. The van der Waals surface area contributed by atoms with Crippen LogP contribution in [0.2, 0.25) is 0 Å². The maximum absolute atomic E-state index is 14.5. The molecule has 24 nitrogen and oxygen atoms in total. The molecular formula is C47H60N12O12. The second kappa shape index (κ2) is 26.0. The molecule has 3 heterocycles. The minimum atomic E-state index is -1.45. The van der Waals surface area contributed by atoms with E-state index in [1.807, 2.05) is 0 Å². The molecule has 5 rings (SSSR count). The molecule has 0 bridgehead atoms. The third-order valence-corrected chi connectivity index (χ3v) is 11.9. The topological polar surface area (TPSA) is 373 Å². The molecule has 0 spiro atoms. The molecule has 1 saturated heterocycles. The Morgan fingerprint density at radius 3 is 1.89 bits per heavy atom. The molecule has 0 radical (unpaired) electrons. The standard InChI is InChI=1S/C47H60N12O12/c1-3-26(2)40(45(68)56-35(19-30-22-50-25-53-30)46(69)59-15-7-10-37(59)44(67)57-36(47(70)71)17-27-8-5-4-6-9-27)58-43(66)33(16-28-11-13-31(60)14-12-28)55-42(65)34(18-29-21-49-24-52-29)54-38(61)23-51-41(64)32(48)20-39(62)63/h4-6,8-9,11-14,21-22,24-26,32-37,40,60H,3,7,10,15-20,23,48H2,1-2H3,(H,49,52)(H,50,53)(H,51,64)(H,54,61)(H,55,65)(H,56,68)(H,57,67)(H,58,66)(H,62,63)(H,70,71)/t26-,32-,33-,34-,35-,36-,37-,40-/m0/s1. The number of nitrogens with two attached hydrogens (primary N) is 1. The lowest BCUT2D eigenvalue weighted by atomic mass is 9.96. The predicted octanol–water partition coefficient (Wildman–Crippen LogP) is -1.43. The van der Waals surface area contributed by atoms with Crippen molar-refractivity contribution in [2.24, 2.45) is 11.7 Å². The summed E-state index contributed by atoms with van der Waals surface area (Å²) in [6.07, 6.45) is 5.44. The van der Waals surface area contributed by atoms with Crippen molar-refractivity contribution in [3.63, 3.8) is 0 Å². The van der Waals surface area contributed by atoms with Crippen LogP contribution < -0.4 is 37.6 Å². The van der Waals surface area contributed by atoms with Gasteiger partial charge in [0.1, 0.15) is 42.0 Å². The van der Waals surface area contributed by atoms with Gasteiger partial charge in [0, 0.05) is 56.0 Å². The number of aliphatic carboxylic acids is 2. The first kappa shape index (κ1) is 53.8. The van der Waals surface area contributed by atoms with Crippen molar-refractivity contribution in [1.29, 1.82) is 0 Å². The number of phenols is 1. The molecule has 0 unspecified atom stereocenters. The van der Waals surface area contributed by atoms with E-state index in [9.17, 15) is 53.4 Å². The summed E-state index contributed by atoms with van der Waals surface area (Å²) in [5.74, 6) is -8.80. The number of amides is 7. The van der Waals surface area contributed by atoms with Gasteiger partial charge in [-0.15, -0.1) is 0 Å². The Balaban J connectivity index is 1.36. The van der Waals surface area contributed by atoms with Gasteiger partial charge in [-0.1, -0.05) is 62.7 Å². The predicted molar refractivity (Wildman–Crippen MR) is 251 cm³/mol. The Morgan fingerprint density at radius 1 is 0.718 bits per heavy atom. The highest BCUT2D eigenvalue weighted by Crippen LogP contribution is 2.21. The Hall–Kier alpha value is -8.15. The zero-order chi connectivity index (χ0) is 51.6. The van der Waals surface area contributed by atoms with Crippen molar-refractivity contribution in [3.8, 4) is 5.75 Å². The van der Waals surface area contributed by atoms with Crippen molar-refractivity contribution >= 4 is 53.3 Å². The SMILES string of the molecule is CC[C@H](C)[C@H](NC(=O)[C@H](Cc1ccc(O)cc1)NC(=O)[C@H](Cc1cnc[nH]1)NC(=O)CNC(=O)[C@@H](N)CC(=O)O)C(=O)N[C@@H](Cc1cnc[nH]1)C(=O)N1CCC[C@H]1C(=O)N[C@@H](Cc1ccccc1)C(=O)O. The molecule has 7 amide bonds. The smallest absolute Gasteiger partial charge is 0.326 e. The van der Waals surface area contributed by atoms with Crippen LogP contribution in [0.3, 0.4) is 0 Å². The molecule has 1 aliphatic rings. The third-order valence-electron chi connectivity index (χ3n) is 11.9. The molecule has 2 aromatic carbocycles. The maximum Gasteiger partial charge on any atom is 0.326 e. The summed E-state index contributed by atoms with van der Waals surface area (Å²) in [6, 6.07) is 5.30. The van der Waals surface area contributed by atoms with E-state index >= 15 is 0 Å². The highest BCUT2D eigenvalue weighted by Gasteiger charge is 2.41. The van der Waals surface area contributed by atoms with E-state index in [0.717, 1.165) is 0 Å². The molecule has 8 atom stereocenters. The van der Waals surface area contributed by atoms with Gasteiger partial charge in [0.15, 0.2) is 0 Å². The molecule has 2 aromatic heterocycles. The summed E-state index contributed by atoms with van der Waals surface area (Å²) in [5.41, 5.74) is 7.62. The number of aromatic nitrogens is 4. The van der Waals surface area contributed by atoms with Gasteiger partial charge in [-0.2, -0.15) is 0 Å². The van der Waals surface area contributed by atoms with E-state index in [-0.39, 0.29) is 44.4 Å². The van der Waals surface area contributed by atoms with E-state index in [1.54, 1.807) is 44.2 Å². The molecule has 380 valence electrons. The maximum atomic E-state index is 14.5. The normalized spacial score (nSPS) is 16.2. The van der Waals surface area contributed by atoms with Crippen molar-refractivity contribution in [1.82, 2.24) is 56.7 Å². The lowest BCUT2D eigenvalue weighted by Crippen LogP contribution is -2.61. The Kier molecular flexibility index (Phi) is 19.7. The number of carbonyl (C=O) groups excluding carboxylic acids is 7. The Labute approximate surface area is 407 Å². The second-order valence-corrected chi connectivity index (χ2v) is 17.2. The first-order valence-corrected chi connectivity index (χ1v) is 23.0. The van der Waals surface area contributed by atoms with Crippen molar-refractivity contribution < 1.29 is 58.5 Å². The van der Waals surface area contributed by atoms with E-state index in [4.69, 9.17) is 10.8 Å². The zero-order valence-corrected chi connectivity index (χ0v) is 39.1. The summed E-state index contributed by atoms with van der Waals surface area (Å²) < 4.78 is 0. The fourth-order valence-corrected chi connectivity index (χ4v) is 7.85. The highest BCUT2D eigenvalue weighted by atomic mass is 16.4. The molecule has 1 fully saturated rings. The van der Waals surface area contributed by atoms with Gasteiger partial charge in [0.05, 0.1) is 31.7 Å². The van der Waals surface area contributed by atoms with Crippen LogP contribution in [0.1, 0.15) is 62.0 Å². The van der Waals surface area contributed by atoms with E-state index in [0.29, 0.717) is 35.4 Å². The van der Waals surface area contributed by atoms with E-state index in [2.05, 4.69) is 51.8 Å². The van der Waals surface area contributed by atoms with Crippen LogP contribution in [0.25, 0.3) is 0 Å².